The van der Waals surface area contributed by atoms with Crippen LogP contribution in [0.4, 0.5) is 0 Å². The molecule has 0 aliphatic carbocycles. The van der Waals surface area contributed by atoms with Crippen LogP contribution < -0.4 is 20.1 Å². The van der Waals surface area contributed by atoms with Crippen LogP contribution in [-0.2, 0) is 27.4 Å². The maximum Gasteiger partial charge on any atom is 0.333 e. The number of hydrogen-bond acceptors (Lipinski definition) is 6. The molecule has 8 heteroatoms. The van der Waals surface area contributed by atoms with Gasteiger partial charge in [0.1, 0.15) is 11.2 Å². The summed E-state index contributed by atoms with van der Waals surface area (Å²) in [5.74, 6) is -0.847. The van der Waals surface area contributed by atoms with E-state index in [9.17, 15) is 14.4 Å². The summed E-state index contributed by atoms with van der Waals surface area (Å²) in [6.45, 7) is 6.13. The fourth-order valence-electron chi connectivity index (χ4n) is 2.93. The number of nitrogens with one attached hydrogen (secondary N) is 1. The summed E-state index contributed by atoms with van der Waals surface area (Å²) >= 11 is 2.71. The lowest BCUT2D eigenvalue weighted by molar-refractivity contribution is -0.135. The summed E-state index contributed by atoms with van der Waals surface area (Å²) in [4.78, 5) is 38.6. The molecule has 0 aliphatic heterocycles. The van der Waals surface area contributed by atoms with Gasteiger partial charge in [-0.3, -0.25) is 14.2 Å². The number of amides is 1. The van der Waals surface area contributed by atoms with Crippen LogP contribution in [0.2, 0.25) is 0 Å². The van der Waals surface area contributed by atoms with Crippen molar-refractivity contribution in [2.24, 2.45) is 0 Å². The first-order valence-electron chi connectivity index (χ1n) is 9.83. The molecule has 3 rings (SSSR count). The van der Waals surface area contributed by atoms with Crippen LogP contribution in [0.25, 0.3) is 12.2 Å². The molecule has 3 aromatic rings. The molecule has 1 amide bonds. The Morgan fingerprint density at radius 1 is 1.23 bits per heavy atom. The number of ether oxygens (including phenoxy) is 1. The lowest BCUT2D eigenvalue weighted by atomic mass is 10.1. The smallest absolute Gasteiger partial charge is 0.333 e. The van der Waals surface area contributed by atoms with Gasteiger partial charge in [-0.15, -0.1) is 22.7 Å². The zero-order chi connectivity index (χ0) is 22.4. The van der Waals surface area contributed by atoms with E-state index in [1.165, 1.54) is 22.0 Å². The van der Waals surface area contributed by atoms with Crippen LogP contribution in [0.1, 0.15) is 28.5 Å². The number of rotatable bonds is 7. The molecular formula is C23H24N2O4S2. The Morgan fingerprint density at radius 3 is 2.74 bits per heavy atom. The minimum atomic E-state index is -0.547. The number of thiazole rings is 1. The van der Waals surface area contributed by atoms with Gasteiger partial charge in [0.05, 0.1) is 23.8 Å². The van der Waals surface area contributed by atoms with Crippen LogP contribution in [0.15, 0.2) is 40.5 Å². The zero-order valence-corrected chi connectivity index (χ0v) is 19.3. The van der Waals surface area contributed by atoms with Gasteiger partial charge in [-0.25, -0.2) is 4.79 Å². The van der Waals surface area contributed by atoms with E-state index in [1.807, 2.05) is 49.6 Å². The first kappa shape index (κ1) is 22.7. The second-order valence-corrected chi connectivity index (χ2v) is 9.05. The van der Waals surface area contributed by atoms with Gasteiger partial charge in [-0.1, -0.05) is 29.8 Å². The SMILES string of the molecule is CCOC(=O)C=c1sc(=Cc2cc(C)ccc2C)c(=O)n1CC(=O)NCc1cccs1. The number of carbonyl (C=O) groups excluding carboxylic acids is 2. The molecule has 0 fully saturated rings. The third-order valence-electron chi connectivity index (χ3n) is 4.53. The van der Waals surface area contributed by atoms with Gasteiger partial charge in [-0.05, 0) is 49.4 Å². The first-order chi connectivity index (χ1) is 14.9. The van der Waals surface area contributed by atoms with Crippen LogP contribution in [-0.4, -0.2) is 23.1 Å². The highest BCUT2D eigenvalue weighted by molar-refractivity contribution is 7.09. The van der Waals surface area contributed by atoms with E-state index in [-0.39, 0.29) is 24.6 Å². The lowest BCUT2D eigenvalue weighted by Gasteiger charge is -2.04. The molecule has 0 radical (unpaired) electrons. The van der Waals surface area contributed by atoms with Gasteiger partial charge in [-0.2, -0.15) is 0 Å². The number of thiophene rings is 1. The van der Waals surface area contributed by atoms with Crippen LogP contribution in [0.3, 0.4) is 0 Å². The van der Waals surface area contributed by atoms with Gasteiger partial charge in [0.15, 0.2) is 0 Å². The summed E-state index contributed by atoms with van der Waals surface area (Å²) in [5, 5.41) is 4.76. The van der Waals surface area contributed by atoms with E-state index in [2.05, 4.69) is 5.32 Å². The van der Waals surface area contributed by atoms with E-state index in [4.69, 9.17) is 4.74 Å². The Labute approximate surface area is 188 Å². The molecule has 0 spiro atoms. The van der Waals surface area contributed by atoms with Crippen molar-refractivity contribution in [1.82, 2.24) is 9.88 Å². The molecule has 1 N–H and O–H groups in total. The van der Waals surface area contributed by atoms with Gasteiger partial charge in [0, 0.05) is 4.88 Å². The second kappa shape index (κ2) is 10.4. The Morgan fingerprint density at radius 2 is 2.03 bits per heavy atom. The average Bonchev–Trinajstić information content (AvgIpc) is 3.34. The van der Waals surface area contributed by atoms with Crippen molar-refractivity contribution >= 4 is 46.7 Å². The fourth-order valence-corrected chi connectivity index (χ4v) is 4.60. The van der Waals surface area contributed by atoms with Crippen molar-refractivity contribution in [2.75, 3.05) is 6.61 Å². The van der Waals surface area contributed by atoms with Crippen LogP contribution >= 0.6 is 22.7 Å². The molecule has 0 saturated heterocycles. The first-order valence-corrected chi connectivity index (χ1v) is 11.5. The molecule has 0 atom stereocenters. The number of carbonyl (C=O) groups is 2. The van der Waals surface area contributed by atoms with Crippen molar-refractivity contribution in [3.63, 3.8) is 0 Å². The average molecular weight is 457 g/mol. The number of nitrogens with zero attached hydrogens (tertiary/aromatic N) is 1. The summed E-state index contributed by atoms with van der Waals surface area (Å²) in [5.41, 5.74) is 2.73. The quantitative estimate of drug-likeness (QED) is 0.552. The Hall–Kier alpha value is -2.97. The normalized spacial score (nSPS) is 12.2. The Bertz CT molecular complexity index is 1250. The molecule has 0 saturated carbocycles. The molecule has 0 unspecified atom stereocenters. The highest BCUT2D eigenvalue weighted by Crippen LogP contribution is 2.11. The van der Waals surface area contributed by atoms with Gasteiger partial charge in [0.25, 0.3) is 5.56 Å². The molecular weight excluding hydrogens is 432 g/mol. The minimum absolute atomic E-state index is 0.174. The number of hydrogen-bond donors (Lipinski definition) is 1. The lowest BCUT2D eigenvalue weighted by Crippen LogP contribution is -2.38. The third-order valence-corrected chi connectivity index (χ3v) is 6.46. The molecule has 2 heterocycles. The summed E-state index contributed by atoms with van der Waals surface area (Å²) in [7, 11) is 0. The highest BCUT2D eigenvalue weighted by atomic mass is 32.1. The molecule has 1 aromatic carbocycles. The zero-order valence-electron chi connectivity index (χ0n) is 17.6. The second-order valence-electron chi connectivity index (χ2n) is 6.95. The van der Waals surface area contributed by atoms with E-state index in [0.29, 0.717) is 15.7 Å². The maximum absolute atomic E-state index is 13.1. The molecule has 0 aliphatic rings. The van der Waals surface area contributed by atoms with Gasteiger partial charge in [0.2, 0.25) is 5.91 Å². The predicted octanol–water partition coefficient (Wildman–Crippen LogP) is 2.08. The van der Waals surface area contributed by atoms with Crippen molar-refractivity contribution in [1.29, 1.82) is 0 Å². The van der Waals surface area contributed by atoms with E-state index in [0.717, 1.165) is 21.6 Å². The molecule has 162 valence electrons. The van der Waals surface area contributed by atoms with Crippen LogP contribution in [0.5, 0.6) is 0 Å². The topological polar surface area (TPSA) is 77.4 Å². The maximum atomic E-state index is 13.1. The van der Waals surface area contributed by atoms with Gasteiger partial charge < -0.3 is 10.1 Å². The van der Waals surface area contributed by atoms with Gasteiger partial charge >= 0.3 is 5.97 Å². The largest absolute Gasteiger partial charge is 0.463 e. The Balaban J connectivity index is 1.99. The van der Waals surface area contributed by atoms with Crippen molar-refractivity contribution in [2.45, 2.75) is 33.9 Å². The number of aromatic nitrogens is 1. The molecule has 6 nitrogen and oxygen atoms in total. The standard InChI is InChI=1S/C23H24N2O4S2/c1-4-29-22(27)12-21-25(14-20(26)24-13-18-6-5-9-30-18)23(28)19(31-21)11-17-10-15(2)7-8-16(17)3/h5-12H,4,13-14H2,1-3H3,(H,24,26). The van der Waals surface area contributed by atoms with Crippen molar-refractivity contribution < 1.29 is 14.3 Å². The predicted molar refractivity (Wildman–Crippen MR) is 125 cm³/mol. The number of esters is 1. The fraction of sp³-hybridized carbons (Fsp3) is 0.261. The van der Waals surface area contributed by atoms with Crippen molar-refractivity contribution in [3.05, 3.63) is 76.8 Å². The van der Waals surface area contributed by atoms with Crippen LogP contribution in [0, 0.1) is 13.8 Å². The molecule has 31 heavy (non-hydrogen) atoms. The summed E-state index contributed by atoms with van der Waals surface area (Å²) in [6.07, 6.45) is 3.07. The number of benzene rings is 1. The summed E-state index contributed by atoms with van der Waals surface area (Å²) < 4.78 is 7.15. The monoisotopic (exact) mass is 456 g/mol. The molecule has 0 bridgehead atoms. The van der Waals surface area contributed by atoms with Crippen molar-refractivity contribution in [3.8, 4) is 0 Å². The summed E-state index contributed by atoms with van der Waals surface area (Å²) in [6, 6.07) is 9.85. The highest BCUT2D eigenvalue weighted by Gasteiger charge is 2.11. The Kier molecular flexibility index (Phi) is 7.59. The van der Waals surface area contributed by atoms with E-state index >= 15 is 0 Å². The number of aryl methyl sites for hydroxylation is 2. The molecule has 2 aromatic heterocycles. The van der Waals surface area contributed by atoms with E-state index in [1.54, 1.807) is 24.3 Å². The third kappa shape index (κ3) is 6.02. The van der Waals surface area contributed by atoms with E-state index < -0.39 is 5.97 Å². The minimum Gasteiger partial charge on any atom is -0.463 e.